The predicted octanol–water partition coefficient (Wildman–Crippen LogP) is 3.76. The molecule has 1 amide bonds. The van der Waals surface area contributed by atoms with Gasteiger partial charge in [0.25, 0.3) is 11.7 Å². The van der Waals surface area contributed by atoms with Crippen molar-refractivity contribution in [2.75, 3.05) is 25.2 Å². The summed E-state index contributed by atoms with van der Waals surface area (Å²) in [5.74, 6) is -1.70. The lowest BCUT2D eigenvalue weighted by Crippen LogP contribution is -2.44. The minimum Gasteiger partial charge on any atom is -0.334 e. The topological polar surface area (TPSA) is 38.8 Å². The SMILES string of the molecule is C=C(C)COC1(OCC(=C)C)C(=O)N(C)c2ccc(Br)cc21. The lowest BCUT2D eigenvalue weighted by molar-refractivity contribution is -0.225. The van der Waals surface area contributed by atoms with Gasteiger partial charge in [-0.2, -0.15) is 0 Å². The molecule has 0 N–H and O–H groups in total. The highest BCUT2D eigenvalue weighted by Gasteiger charge is 2.52. The zero-order valence-electron chi connectivity index (χ0n) is 13.1. The Morgan fingerprint density at radius 3 is 2.27 bits per heavy atom. The third-order valence-electron chi connectivity index (χ3n) is 3.30. The van der Waals surface area contributed by atoms with Crippen LogP contribution in [0.4, 0.5) is 5.69 Å². The van der Waals surface area contributed by atoms with Gasteiger partial charge in [-0.3, -0.25) is 4.79 Å². The van der Waals surface area contributed by atoms with Gasteiger partial charge in [0.1, 0.15) is 0 Å². The van der Waals surface area contributed by atoms with Crippen LogP contribution in [0.25, 0.3) is 0 Å². The second-order valence-electron chi connectivity index (χ2n) is 5.63. The summed E-state index contributed by atoms with van der Waals surface area (Å²) in [6, 6.07) is 5.61. The van der Waals surface area contributed by atoms with Gasteiger partial charge in [0, 0.05) is 17.1 Å². The van der Waals surface area contributed by atoms with E-state index in [2.05, 4.69) is 29.1 Å². The Morgan fingerprint density at radius 2 is 1.77 bits per heavy atom. The number of fused-ring (bicyclic) bond motifs is 1. The van der Waals surface area contributed by atoms with Crippen LogP contribution in [-0.2, 0) is 20.1 Å². The van der Waals surface area contributed by atoms with Gasteiger partial charge < -0.3 is 14.4 Å². The highest BCUT2D eigenvalue weighted by atomic mass is 79.9. The lowest BCUT2D eigenvalue weighted by atomic mass is 10.1. The number of carbonyl (C=O) groups is 1. The molecular formula is C17H20BrNO3. The summed E-state index contributed by atoms with van der Waals surface area (Å²) < 4.78 is 12.6. The number of halogens is 1. The van der Waals surface area contributed by atoms with Crippen molar-refractivity contribution in [3.05, 3.63) is 52.5 Å². The number of hydrogen-bond acceptors (Lipinski definition) is 3. The van der Waals surface area contributed by atoms with Crippen LogP contribution < -0.4 is 4.90 Å². The molecule has 1 aliphatic heterocycles. The molecule has 4 nitrogen and oxygen atoms in total. The molecule has 1 aromatic rings. The molecule has 5 heteroatoms. The van der Waals surface area contributed by atoms with E-state index in [1.165, 1.54) is 0 Å². The van der Waals surface area contributed by atoms with E-state index in [0.717, 1.165) is 21.3 Å². The second kappa shape index (κ2) is 6.36. The maximum Gasteiger partial charge on any atom is 0.292 e. The third-order valence-corrected chi connectivity index (χ3v) is 3.80. The summed E-state index contributed by atoms with van der Waals surface area (Å²) >= 11 is 3.44. The lowest BCUT2D eigenvalue weighted by Gasteiger charge is -2.29. The number of anilines is 1. The van der Waals surface area contributed by atoms with Gasteiger partial charge in [0.2, 0.25) is 0 Å². The average molecular weight is 366 g/mol. The van der Waals surface area contributed by atoms with E-state index in [1.54, 1.807) is 11.9 Å². The first-order valence-electron chi connectivity index (χ1n) is 6.93. The van der Waals surface area contributed by atoms with E-state index in [9.17, 15) is 4.79 Å². The molecular weight excluding hydrogens is 346 g/mol. The Bertz CT molecular complexity index is 621. The normalized spacial score (nSPS) is 15.8. The maximum absolute atomic E-state index is 12.8. The van der Waals surface area contributed by atoms with Crippen molar-refractivity contribution in [1.29, 1.82) is 0 Å². The molecule has 0 saturated heterocycles. The first kappa shape index (κ1) is 16.9. The number of carbonyl (C=O) groups excluding carboxylic acids is 1. The molecule has 0 saturated carbocycles. The number of amides is 1. The van der Waals surface area contributed by atoms with Crippen molar-refractivity contribution in [3.63, 3.8) is 0 Å². The fraction of sp³-hybridized carbons (Fsp3) is 0.353. The quantitative estimate of drug-likeness (QED) is 0.568. The van der Waals surface area contributed by atoms with Gasteiger partial charge in [-0.1, -0.05) is 40.2 Å². The number of nitrogens with zero attached hydrogens (tertiary/aromatic N) is 1. The summed E-state index contributed by atoms with van der Waals surface area (Å²) in [6.07, 6.45) is 0. The zero-order chi connectivity index (χ0) is 16.5. The molecule has 0 aromatic heterocycles. The fourth-order valence-electron chi connectivity index (χ4n) is 2.28. The van der Waals surface area contributed by atoms with Crippen molar-refractivity contribution in [1.82, 2.24) is 0 Å². The van der Waals surface area contributed by atoms with Crippen LogP contribution in [0.15, 0.2) is 47.0 Å². The van der Waals surface area contributed by atoms with E-state index in [-0.39, 0.29) is 19.1 Å². The van der Waals surface area contributed by atoms with Crippen molar-refractivity contribution in [2.45, 2.75) is 19.6 Å². The van der Waals surface area contributed by atoms with Gasteiger partial charge >= 0.3 is 0 Å². The standard InChI is InChI=1S/C17H20BrNO3/c1-11(2)9-21-17(22-10-12(3)4)14-8-13(18)6-7-15(14)19(5)16(17)20/h6-8H,1,3,9-10H2,2,4-5H3. The summed E-state index contributed by atoms with van der Waals surface area (Å²) in [6.45, 7) is 11.8. The smallest absolute Gasteiger partial charge is 0.292 e. The fourth-order valence-corrected chi connectivity index (χ4v) is 2.64. The van der Waals surface area contributed by atoms with Crippen LogP contribution in [-0.4, -0.2) is 26.2 Å². The molecule has 0 spiro atoms. The summed E-state index contributed by atoms with van der Waals surface area (Å²) in [5, 5.41) is 0. The molecule has 0 bridgehead atoms. The molecule has 1 aromatic carbocycles. The van der Waals surface area contributed by atoms with E-state index in [0.29, 0.717) is 5.56 Å². The summed E-state index contributed by atoms with van der Waals surface area (Å²) in [7, 11) is 1.71. The number of likely N-dealkylation sites (N-methyl/N-ethyl adjacent to an activating group) is 1. The molecule has 118 valence electrons. The van der Waals surface area contributed by atoms with Gasteiger partial charge in [-0.25, -0.2) is 0 Å². The van der Waals surface area contributed by atoms with Crippen LogP contribution in [0.3, 0.4) is 0 Å². The first-order chi connectivity index (χ1) is 10.3. The van der Waals surface area contributed by atoms with Crippen LogP contribution in [0, 0.1) is 0 Å². The molecule has 0 atom stereocenters. The molecule has 1 aliphatic rings. The Morgan fingerprint density at radius 1 is 1.23 bits per heavy atom. The molecule has 22 heavy (non-hydrogen) atoms. The van der Waals surface area contributed by atoms with Crippen molar-refractivity contribution < 1.29 is 14.3 Å². The van der Waals surface area contributed by atoms with E-state index in [4.69, 9.17) is 9.47 Å². The van der Waals surface area contributed by atoms with Crippen LogP contribution in [0.5, 0.6) is 0 Å². The first-order valence-corrected chi connectivity index (χ1v) is 7.72. The molecule has 0 unspecified atom stereocenters. The molecule has 0 aliphatic carbocycles. The van der Waals surface area contributed by atoms with Gasteiger partial charge in [0.05, 0.1) is 18.9 Å². The minimum atomic E-state index is -1.45. The zero-order valence-corrected chi connectivity index (χ0v) is 14.7. The number of ether oxygens (including phenoxy) is 2. The maximum atomic E-state index is 12.8. The average Bonchev–Trinajstić information content (AvgIpc) is 2.65. The van der Waals surface area contributed by atoms with Crippen LogP contribution in [0.2, 0.25) is 0 Å². The Labute approximate surface area is 139 Å². The predicted molar refractivity (Wildman–Crippen MR) is 90.8 cm³/mol. The highest BCUT2D eigenvalue weighted by Crippen LogP contribution is 2.44. The Balaban J connectivity index is 2.51. The molecule has 0 fully saturated rings. The van der Waals surface area contributed by atoms with Crippen LogP contribution in [0.1, 0.15) is 19.4 Å². The Hall–Kier alpha value is -1.43. The van der Waals surface area contributed by atoms with Gasteiger partial charge in [-0.15, -0.1) is 0 Å². The number of rotatable bonds is 6. The van der Waals surface area contributed by atoms with Gasteiger partial charge in [0.15, 0.2) is 0 Å². The van der Waals surface area contributed by atoms with E-state index in [1.807, 2.05) is 32.0 Å². The van der Waals surface area contributed by atoms with Crippen molar-refractivity contribution >= 4 is 27.5 Å². The van der Waals surface area contributed by atoms with Gasteiger partial charge in [-0.05, 0) is 32.0 Å². The number of benzene rings is 1. The third kappa shape index (κ3) is 3.02. The summed E-state index contributed by atoms with van der Waals surface area (Å²) in [5.41, 5.74) is 3.10. The highest BCUT2D eigenvalue weighted by molar-refractivity contribution is 9.10. The Kier molecular flexibility index (Phi) is 4.90. The molecule has 2 rings (SSSR count). The molecule has 0 radical (unpaired) electrons. The summed E-state index contributed by atoms with van der Waals surface area (Å²) in [4.78, 5) is 14.4. The van der Waals surface area contributed by atoms with E-state index >= 15 is 0 Å². The van der Waals surface area contributed by atoms with Crippen LogP contribution >= 0.6 is 15.9 Å². The number of hydrogen-bond donors (Lipinski definition) is 0. The minimum absolute atomic E-state index is 0.238. The monoisotopic (exact) mass is 365 g/mol. The second-order valence-corrected chi connectivity index (χ2v) is 6.55. The van der Waals surface area contributed by atoms with Crippen molar-refractivity contribution in [2.24, 2.45) is 0 Å². The molecule has 1 heterocycles. The van der Waals surface area contributed by atoms with E-state index < -0.39 is 5.79 Å². The van der Waals surface area contributed by atoms with Crippen molar-refractivity contribution in [3.8, 4) is 0 Å². The largest absolute Gasteiger partial charge is 0.334 e.